The Bertz CT molecular complexity index is 581. The number of carbonyl (C=O) groups excluding carboxylic acids is 1. The molecule has 1 heterocycles. The van der Waals surface area contributed by atoms with E-state index in [1.165, 1.54) is 0 Å². The number of oxime groups is 1. The molecule has 1 fully saturated rings. The third kappa shape index (κ3) is 4.05. The molecule has 7 heteroatoms. The maximum absolute atomic E-state index is 11.5. The number of hydrogen-bond acceptors (Lipinski definition) is 4. The summed E-state index contributed by atoms with van der Waals surface area (Å²) in [6.45, 7) is 1.39. The fraction of sp³-hybridized carbons (Fsp3) is 0.400. The molecule has 0 aromatic heterocycles. The number of rotatable bonds is 3. The molecule has 118 valence electrons. The van der Waals surface area contributed by atoms with Crippen LogP contribution in [0.3, 0.4) is 0 Å². The normalized spacial score (nSPS) is 17.2. The lowest BCUT2D eigenvalue weighted by Crippen LogP contribution is -2.41. The van der Waals surface area contributed by atoms with Crippen LogP contribution in [0.2, 0.25) is 5.02 Å². The van der Waals surface area contributed by atoms with Crippen molar-refractivity contribution in [2.75, 3.05) is 19.6 Å². The van der Waals surface area contributed by atoms with Gasteiger partial charge in [0.15, 0.2) is 5.84 Å². The van der Waals surface area contributed by atoms with Crippen LogP contribution >= 0.6 is 11.6 Å². The van der Waals surface area contributed by atoms with Crippen LogP contribution in [0, 0.1) is 5.92 Å². The molecule has 0 radical (unpaired) electrons. The van der Waals surface area contributed by atoms with Crippen LogP contribution in [0.4, 0.5) is 0 Å². The second-order valence-corrected chi connectivity index (χ2v) is 5.51. The van der Waals surface area contributed by atoms with Crippen molar-refractivity contribution in [3.05, 3.63) is 34.9 Å². The first kappa shape index (κ1) is 16.5. The van der Waals surface area contributed by atoms with Crippen molar-refractivity contribution in [3.63, 3.8) is 0 Å². The minimum absolute atomic E-state index is 0.0240. The number of aliphatic imine (C=N–C) groups is 1. The van der Waals surface area contributed by atoms with Crippen molar-refractivity contribution in [1.29, 1.82) is 0 Å². The van der Waals surface area contributed by atoms with Crippen molar-refractivity contribution in [2.45, 2.75) is 12.8 Å². The van der Waals surface area contributed by atoms with Crippen LogP contribution in [0.15, 0.2) is 34.4 Å². The summed E-state index contributed by atoms with van der Waals surface area (Å²) in [7, 11) is 0. The Balaban J connectivity index is 1.97. The first-order valence-corrected chi connectivity index (χ1v) is 7.52. The standard InChI is InChI=1S/C15H19ClN4O2/c16-13-4-2-1-3-12(13)15(19-22)18-10-11-5-7-20(8-6-11)14(21)9-17/h1-4,10-11,22H,5-9,17H2/b18-10?,19-15-. The summed E-state index contributed by atoms with van der Waals surface area (Å²) >= 11 is 6.07. The molecule has 0 bridgehead atoms. The van der Waals surface area contributed by atoms with Gasteiger partial charge < -0.3 is 15.8 Å². The molecule has 22 heavy (non-hydrogen) atoms. The van der Waals surface area contributed by atoms with Gasteiger partial charge in [0, 0.05) is 24.9 Å². The summed E-state index contributed by atoms with van der Waals surface area (Å²) in [5, 5.41) is 12.8. The Morgan fingerprint density at radius 2 is 2.09 bits per heavy atom. The first-order chi connectivity index (χ1) is 10.7. The summed E-state index contributed by atoms with van der Waals surface area (Å²) in [4.78, 5) is 17.5. The minimum atomic E-state index is -0.0240. The first-order valence-electron chi connectivity index (χ1n) is 7.14. The molecule has 0 aliphatic carbocycles. The molecular formula is C15H19ClN4O2. The van der Waals surface area contributed by atoms with Crippen LogP contribution in [-0.2, 0) is 4.79 Å². The molecule has 1 aliphatic heterocycles. The van der Waals surface area contributed by atoms with Gasteiger partial charge in [0.05, 0.1) is 11.6 Å². The predicted octanol–water partition coefficient (Wildman–Crippen LogP) is 1.74. The Hall–Kier alpha value is -1.92. The second-order valence-electron chi connectivity index (χ2n) is 5.10. The largest absolute Gasteiger partial charge is 0.409 e. The predicted molar refractivity (Wildman–Crippen MR) is 86.6 cm³/mol. The number of carbonyl (C=O) groups is 1. The number of benzene rings is 1. The fourth-order valence-electron chi connectivity index (χ4n) is 2.39. The highest BCUT2D eigenvalue weighted by Gasteiger charge is 2.21. The monoisotopic (exact) mass is 322 g/mol. The fourth-order valence-corrected chi connectivity index (χ4v) is 2.62. The number of halogens is 1. The highest BCUT2D eigenvalue weighted by molar-refractivity contribution is 6.34. The molecule has 1 aromatic carbocycles. The van der Waals surface area contributed by atoms with E-state index in [-0.39, 0.29) is 24.2 Å². The van der Waals surface area contributed by atoms with Gasteiger partial charge in [-0.1, -0.05) is 28.9 Å². The van der Waals surface area contributed by atoms with Crippen LogP contribution < -0.4 is 5.73 Å². The lowest BCUT2D eigenvalue weighted by atomic mass is 9.98. The van der Waals surface area contributed by atoms with Gasteiger partial charge in [-0.05, 0) is 30.9 Å². The van der Waals surface area contributed by atoms with E-state index in [0.717, 1.165) is 12.8 Å². The lowest BCUT2D eigenvalue weighted by Gasteiger charge is -2.30. The SMILES string of the molecule is NCC(=O)N1CCC(C=N/C(=N\O)c2ccccc2Cl)CC1. The van der Waals surface area contributed by atoms with Gasteiger partial charge >= 0.3 is 0 Å². The van der Waals surface area contributed by atoms with Gasteiger partial charge in [-0.3, -0.25) is 4.79 Å². The van der Waals surface area contributed by atoms with Crippen LogP contribution in [0.1, 0.15) is 18.4 Å². The molecule has 0 spiro atoms. The van der Waals surface area contributed by atoms with Gasteiger partial charge in [0.1, 0.15) is 0 Å². The van der Waals surface area contributed by atoms with Crippen LogP contribution in [-0.4, -0.2) is 47.7 Å². The zero-order valence-electron chi connectivity index (χ0n) is 12.2. The topological polar surface area (TPSA) is 91.3 Å². The number of amides is 1. The highest BCUT2D eigenvalue weighted by Crippen LogP contribution is 2.18. The highest BCUT2D eigenvalue weighted by atomic mass is 35.5. The molecule has 1 aliphatic rings. The van der Waals surface area contributed by atoms with E-state index >= 15 is 0 Å². The molecule has 3 N–H and O–H groups in total. The van der Waals surface area contributed by atoms with Gasteiger partial charge in [0.25, 0.3) is 0 Å². The van der Waals surface area contributed by atoms with Crippen molar-refractivity contribution >= 4 is 29.6 Å². The zero-order chi connectivity index (χ0) is 15.9. The summed E-state index contributed by atoms with van der Waals surface area (Å²) in [6.07, 6.45) is 3.40. The van der Waals surface area contributed by atoms with Crippen molar-refractivity contribution < 1.29 is 10.0 Å². The van der Waals surface area contributed by atoms with E-state index in [1.54, 1.807) is 35.4 Å². The third-order valence-electron chi connectivity index (χ3n) is 3.68. The molecule has 1 amide bonds. The number of likely N-dealkylation sites (tertiary alicyclic amines) is 1. The van der Waals surface area contributed by atoms with Gasteiger partial charge in [0.2, 0.25) is 5.91 Å². The summed E-state index contributed by atoms with van der Waals surface area (Å²) < 4.78 is 0. The Labute approximate surface area is 134 Å². The van der Waals surface area contributed by atoms with Crippen molar-refractivity contribution in [2.24, 2.45) is 21.8 Å². The summed E-state index contributed by atoms with van der Waals surface area (Å²) in [6, 6.07) is 7.07. The van der Waals surface area contributed by atoms with E-state index in [0.29, 0.717) is 23.7 Å². The summed E-state index contributed by atoms with van der Waals surface area (Å²) in [5.74, 6) is 0.399. The van der Waals surface area contributed by atoms with E-state index in [2.05, 4.69) is 10.1 Å². The second kappa shape index (κ2) is 7.91. The number of hydrogen-bond donors (Lipinski definition) is 2. The number of nitrogens with zero attached hydrogens (tertiary/aromatic N) is 3. The average molecular weight is 323 g/mol. The maximum atomic E-state index is 11.5. The number of nitrogens with two attached hydrogens (primary N) is 1. The Morgan fingerprint density at radius 1 is 1.41 bits per heavy atom. The molecule has 0 atom stereocenters. The average Bonchev–Trinajstić information content (AvgIpc) is 2.56. The van der Waals surface area contributed by atoms with E-state index < -0.39 is 0 Å². The molecule has 1 saturated heterocycles. The number of amidine groups is 1. The quantitative estimate of drug-likeness (QED) is 0.384. The minimum Gasteiger partial charge on any atom is -0.409 e. The smallest absolute Gasteiger partial charge is 0.236 e. The molecular weight excluding hydrogens is 304 g/mol. The van der Waals surface area contributed by atoms with Gasteiger partial charge in [-0.25, -0.2) is 4.99 Å². The van der Waals surface area contributed by atoms with Gasteiger partial charge in [-0.15, -0.1) is 0 Å². The maximum Gasteiger partial charge on any atom is 0.236 e. The van der Waals surface area contributed by atoms with Crippen molar-refractivity contribution in [3.8, 4) is 0 Å². The molecule has 0 unspecified atom stereocenters. The Morgan fingerprint density at radius 3 is 2.68 bits per heavy atom. The van der Waals surface area contributed by atoms with Crippen molar-refractivity contribution in [1.82, 2.24) is 4.90 Å². The van der Waals surface area contributed by atoms with E-state index in [9.17, 15) is 4.79 Å². The van der Waals surface area contributed by atoms with Gasteiger partial charge in [-0.2, -0.15) is 0 Å². The molecule has 0 saturated carbocycles. The molecule has 1 aromatic rings. The molecule has 2 rings (SSSR count). The Kier molecular flexibility index (Phi) is 5.91. The number of piperidine rings is 1. The third-order valence-corrected chi connectivity index (χ3v) is 4.01. The van der Waals surface area contributed by atoms with E-state index in [4.69, 9.17) is 22.5 Å². The lowest BCUT2D eigenvalue weighted by molar-refractivity contribution is -0.130. The van der Waals surface area contributed by atoms with Crippen LogP contribution in [0.25, 0.3) is 0 Å². The van der Waals surface area contributed by atoms with Crippen LogP contribution in [0.5, 0.6) is 0 Å². The molecule has 6 nitrogen and oxygen atoms in total. The summed E-state index contributed by atoms with van der Waals surface area (Å²) in [5.41, 5.74) is 5.94. The van der Waals surface area contributed by atoms with E-state index in [1.807, 2.05) is 0 Å². The zero-order valence-corrected chi connectivity index (χ0v) is 12.9.